The molecule has 4 nitrogen and oxygen atoms in total. The topological polar surface area (TPSA) is 54.3 Å². The third kappa shape index (κ3) is 5.18. The lowest BCUT2D eigenvalue weighted by atomic mass is 9.97. The quantitative estimate of drug-likeness (QED) is 0.621. The smallest absolute Gasteiger partial charge is 0.106 e. The van der Waals surface area contributed by atoms with Crippen LogP contribution in [0.2, 0.25) is 0 Å². The van der Waals surface area contributed by atoms with Gasteiger partial charge in [0.1, 0.15) is 5.54 Å². The van der Waals surface area contributed by atoms with Crippen LogP contribution in [0.15, 0.2) is 0 Å². The molecule has 4 heteroatoms. The van der Waals surface area contributed by atoms with Crippen molar-refractivity contribution in [3.8, 4) is 6.07 Å². The Labute approximate surface area is 86.2 Å². The molecule has 0 spiro atoms. The van der Waals surface area contributed by atoms with Crippen molar-refractivity contribution in [2.24, 2.45) is 0 Å². The maximum Gasteiger partial charge on any atom is 0.106 e. The van der Waals surface area contributed by atoms with Crippen LogP contribution in [0.3, 0.4) is 0 Å². The molecule has 2 unspecified atom stereocenters. The van der Waals surface area contributed by atoms with E-state index in [2.05, 4.69) is 11.4 Å². The van der Waals surface area contributed by atoms with Crippen LogP contribution in [0.1, 0.15) is 20.3 Å². The minimum absolute atomic E-state index is 0.0576. The third-order valence-corrected chi connectivity index (χ3v) is 2.18. The molecule has 0 aromatic rings. The van der Waals surface area contributed by atoms with Crippen LogP contribution in [0.5, 0.6) is 0 Å². The van der Waals surface area contributed by atoms with Crippen LogP contribution in [-0.2, 0) is 9.47 Å². The predicted molar refractivity (Wildman–Crippen MR) is 55.0 cm³/mol. The second kappa shape index (κ2) is 6.77. The average molecular weight is 200 g/mol. The molecule has 0 radical (unpaired) electrons. The summed E-state index contributed by atoms with van der Waals surface area (Å²) in [6.07, 6.45) is 0.728. The molecule has 0 aromatic carbocycles. The Hall–Kier alpha value is -0.630. The highest BCUT2D eigenvalue weighted by Gasteiger charge is 2.24. The van der Waals surface area contributed by atoms with Gasteiger partial charge in [-0.3, -0.25) is 0 Å². The van der Waals surface area contributed by atoms with E-state index in [9.17, 15) is 0 Å². The monoisotopic (exact) mass is 200 g/mol. The second-order valence-corrected chi connectivity index (χ2v) is 3.57. The second-order valence-electron chi connectivity index (χ2n) is 3.57. The summed E-state index contributed by atoms with van der Waals surface area (Å²) >= 11 is 0. The largest absolute Gasteiger partial charge is 0.382 e. The molecule has 0 fully saturated rings. The fraction of sp³-hybridized carbons (Fsp3) is 0.900. The van der Waals surface area contributed by atoms with E-state index in [0.717, 1.165) is 0 Å². The first kappa shape index (κ1) is 13.4. The summed E-state index contributed by atoms with van der Waals surface area (Å²) in [6.45, 7) is 4.99. The van der Waals surface area contributed by atoms with E-state index in [4.69, 9.17) is 14.7 Å². The van der Waals surface area contributed by atoms with Gasteiger partial charge in [0.05, 0.1) is 25.4 Å². The Morgan fingerprint density at radius 3 is 2.57 bits per heavy atom. The summed E-state index contributed by atoms with van der Waals surface area (Å²) in [5.74, 6) is 0. The van der Waals surface area contributed by atoms with E-state index in [1.54, 1.807) is 14.2 Å². The van der Waals surface area contributed by atoms with Crippen molar-refractivity contribution < 1.29 is 9.47 Å². The van der Waals surface area contributed by atoms with Gasteiger partial charge >= 0.3 is 0 Å². The number of nitriles is 1. The van der Waals surface area contributed by atoms with Crippen molar-refractivity contribution in [2.75, 3.05) is 27.4 Å². The molecule has 14 heavy (non-hydrogen) atoms. The van der Waals surface area contributed by atoms with Gasteiger partial charge in [0.15, 0.2) is 0 Å². The number of nitrogens with one attached hydrogen (secondary N) is 1. The first-order valence-corrected chi connectivity index (χ1v) is 4.78. The van der Waals surface area contributed by atoms with Crippen molar-refractivity contribution in [3.05, 3.63) is 0 Å². The van der Waals surface area contributed by atoms with Crippen LogP contribution in [0.25, 0.3) is 0 Å². The van der Waals surface area contributed by atoms with E-state index >= 15 is 0 Å². The fourth-order valence-corrected chi connectivity index (χ4v) is 1.17. The van der Waals surface area contributed by atoms with Gasteiger partial charge in [0, 0.05) is 13.5 Å². The zero-order chi connectivity index (χ0) is 11.0. The first-order chi connectivity index (χ1) is 6.58. The van der Waals surface area contributed by atoms with Crippen molar-refractivity contribution in [1.29, 1.82) is 5.26 Å². The highest BCUT2D eigenvalue weighted by molar-refractivity contribution is 5.03. The van der Waals surface area contributed by atoms with E-state index in [1.165, 1.54) is 0 Å². The molecule has 0 heterocycles. The van der Waals surface area contributed by atoms with Crippen LogP contribution in [-0.4, -0.2) is 39.0 Å². The Balaban J connectivity index is 3.81. The van der Waals surface area contributed by atoms with E-state index in [1.807, 2.05) is 13.8 Å². The van der Waals surface area contributed by atoms with Gasteiger partial charge < -0.3 is 14.8 Å². The molecular weight excluding hydrogens is 180 g/mol. The van der Waals surface area contributed by atoms with Crippen LogP contribution < -0.4 is 5.32 Å². The van der Waals surface area contributed by atoms with Crippen molar-refractivity contribution in [2.45, 2.75) is 31.9 Å². The zero-order valence-electron chi connectivity index (χ0n) is 9.46. The van der Waals surface area contributed by atoms with Gasteiger partial charge in [-0.15, -0.1) is 0 Å². The molecule has 0 saturated carbocycles. The molecule has 1 N–H and O–H groups in total. The molecule has 0 saturated heterocycles. The van der Waals surface area contributed by atoms with Gasteiger partial charge in [-0.1, -0.05) is 0 Å². The number of hydrogen-bond donors (Lipinski definition) is 1. The summed E-state index contributed by atoms with van der Waals surface area (Å²) in [5, 5.41) is 11.9. The Kier molecular flexibility index (Phi) is 6.46. The van der Waals surface area contributed by atoms with Crippen molar-refractivity contribution in [3.63, 3.8) is 0 Å². The van der Waals surface area contributed by atoms with Crippen LogP contribution in [0, 0.1) is 11.3 Å². The molecule has 0 aromatic heterocycles. The predicted octanol–water partition coefficient (Wildman–Crippen LogP) is 0.930. The number of methoxy groups -OCH3 is 1. The van der Waals surface area contributed by atoms with Crippen LogP contribution in [0.4, 0.5) is 0 Å². The molecule has 0 amide bonds. The molecule has 0 aliphatic rings. The van der Waals surface area contributed by atoms with Gasteiger partial charge in [-0.2, -0.15) is 5.26 Å². The molecular formula is C10H20N2O2. The first-order valence-electron chi connectivity index (χ1n) is 4.78. The van der Waals surface area contributed by atoms with E-state index in [-0.39, 0.29) is 6.10 Å². The average Bonchev–Trinajstić information content (AvgIpc) is 2.18. The SMILES string of the molecule is CNC(C)(C#N)CC(C)OCCOC. The minimum atomic E-state index is -0.507. The number of hydrogen-bond acceptors (Lipinski definition) is 4. The maximum absolute atomic E-state index is 8.91. The van der Waals surface area contributed by atoms with Gasteiger partial charge in [0.25, 0.3) is 0 Å². The van der Waals surface area contributed by atoms with Gasteiger partial charge in [0.2, 0.25) is 0 Å². The van der Waals surface area contributed by atoms with Crippen LogP contribution >= 0.6 is 0 Å². The van der Waals surface area contributed by atoms with E-state index < -0.39 is 5.54 Å². The lowest BCUT2D eigenvalue weighted by Crippen LogP contribution is -2.41. The maximum atomic E-state index is 8.91. The standard InChI is InChI=1S/C10H20N2O2/c1-9(14-6-5-13-4)7-10(2,8-11)12-3/h9,12H,5-7H2,1-4H3. The summed E-state index contributed by atoms with van der Waals surface area (Å²) < 4.78 is 10.3. The highest BCUT2D eigenvalue weighted by atomic mass is 16.5. The molecule has 0 bridgehead atoms. The Morgan fingerprint density at radius 1 is 1.50 bits per heavy atom. The molecule has 2 atom stereocenters. The number of nitrogens with zero attached hydrogens (tertiary/aromatic N) is 1. The lowest BCUT2D eigenvalue weighted by molar-refractivity contribution is 0.0149. The summed E-state index contributed by atoms with van der Waals surface area (Å²) in [4.78, 5) is 0. The summed E-state index contributed by atoms with van der Waals surface area (Å²) in [6, 6.07) is 2.23. The lowest BCUT2D eigenvalue weighted by Gasteiger charge is -2.24. The molecule has 0 aliphatic heterocycles. The molecule has 0 aliphatic carbocycles. The minimum Gasteiger partial charge on any atom is -0.382 e. The fourth-order valence-electron chi connectivity index (χ4n) is 1.17. The highest BCUT2D eigenvalue weighted by Crippen LogP contribution is 2.12. The Bertz CT molecular complexity index is 191. The van der Waals surface area contributed by atoms with Gasteiger partial charge in [-0.05, 0) is 20.9 Å². The van der Waals surface area contributed by atoms with Crippen molar-refractivity contribution >= 4 is 0 Å². The van der Waals surface area contributed by atoms with Gasteiger partial charge in [-0.25, -0.2) is 0 Å². The summed E-state index contributed by atoms with van der Waals surface area (Å²) in [5.41, 5.74) is -0.507. The summed E-state index contributed by atoms with van der Waals surface area (Å²) in [7, 11) is 3.42. The number of rotatable bonds is 7. The third-order valence-electron chi connectivity index (χ3n) is 2.18. The van der Waals surface area contributed by atoms with E-state index in [0.29, 0.717) is 19.6 Å². The molecule has 82 valence electrons. The zero-order valence-corrected chi connectivity index (χ0v) is 9.46. The van der Waals surface area contributed by atoms with Crippen molar-refractivity contribution in [1.82, 2.24) is 5.32 Å². The Morgan fingerprint density at radius 2 is 2.14 bits per heavy atom. The molecule has 0 rings (SSSR count). The number of ether oxygens (including phenoxy) is 2. The normalized spacial score (nSPS) is 17.1.